The van der Waals surface area contributed by atoms with Crippen molar-refractivity contribution in [3.05, 3.63) is 53.9 Å². The first-order chi connectivity index (χ1) is 14.8. The molecule has 1 aliphatic heterocycles. The van der Waals surface area contributed by atoms with Crippen LogP contribution in [0.1, 0.15) is 30.9 Å². The Morgan fingerprint density at radius 3 is 2.67 bits per heavy atom. The zero-order valence-corrected chi connectivity index (χ0v) is 18.4. The van der Waals surface area contributed by atoms with E-state index < -0.39 is 0 Å². The Morgan fingerprint density at radius 2 is 1.97 bits per heavy atom. The Kier molecular flexibility index (Phi) is 9.18. The molecule has 0 unspecified atom stereocenters. The van der Waals surface area contributed by atoms with E-state index in [1.54, 1.807) is 7.11 Å². The number of aromatic nitrogens is 2. The van der Waals surface area contributed by atoms with Gasteiger partial charge in [0, 0.05) is 39.1 Å². The molecule has 7 heteroatoms. The number of hydrogen-bond acceptors (Lipinski definition) is 4. The zero-order chi connectivity index (χ0) is 21.0. The summed E-state index contributed by atoms with van der Waals surface area (Å²) >= 11 is 0. The smallest absolute Gasteiger partial charge is 0.191 e. The summed E-state index contributed by atoms with van der Waals surface area (Å²) in [5, 5.41) is 11.3. The fourth-order valence-electron chi connectivity index (χ4n) is 3.82. The Hall–Kier alpha value is -2.38. The number of benzene rings is 1. The van der Waals surface area contributed by atoms with Crippen molar-refractivity contribution in [3.8, 4) is 0 Å². The highest BCUT2D eigenvalue weighted by Gasteiger charge is 2.19. The molecule has 1 aliphatic rings. The van der Waals surface area contributed by atoms with Gasteiger partial charge in [0.1, 0.15) is 0 Å². The van der Waals surface area contributed by atoms with Gasteiger partial charge in [0.25, 0.3) is 0 Å². The summed E-state index contributed by atoms with van der Waals surface area (Å²) in [4.78, 5) is 7.35. The lowest BCUT2D eigenvalue weighted by Crippen LogP contribution is -2.43. The van der Waals surface area contributed by atoms with Gasteiger partial charge in [-0.1, -0.05) is 24.3 Å². The molecule has 2 aromatic rings. The van der Waals surface area contributed by atoms with Gasteiger partial charge in [0.2, 0.25) is 0 Å². The second-order valence-corrected chi connectivity index (χ2v) is 7.83. The monoisotopic (exact) mass is 412 g/mol. The first kappa shape index (κ1) is 22.3. The fraction of sp³-hybridized carbons (Fsp3) is 0.565. The molecule has 0 atom stereocenters. The molecule has 0 radical (unpaired) electrons. The lowest BCUT2D eigenvalue weighted by Gasteiger charge is -2.32. The van der Waals surface area contributed by atoms with E-state index in [1.165, 1.54) is 24.0 Å². The molecule has 1 aromatic carbocycles. The van der Waals surface area contributed by atoms with Crippen molar-refractivity contribution in [2.75, 3.05) is 46.4 Å². The molecule has 2 N–H and O–H groups in total. The summed E-state index contributed by atoms with van der Waals surface area (Å²) in [5.41, 5.74) is 2.49. The lowest BCUT2D eigenvalue weighted by atomic mass is 9.97. The van der Waals surface area contributed by atoms with Gasteiger partial charge in [-0.2, -0.15) is 5.10 Å². The molecular formula is C23H36N6O. The summed E-state index contributed by atoms with van der Waals surface area (Å²) in [6.45, 7) is 9.54. The van der Waals surface area contributed by atoms with Crippen molar-refractivity contribution >= 4 is 5.96 Å². The van der Waals surface area contributed by atoms with Crippen molar-refractivity contribution in [1.29, 1.82) is 0 Å². The second kappa shape index (κ2) is 12.3. The Bertz CT molecular complexity index is 753. The topological polar surface area (TPSA) is 66.7 Å². The molecule has 1 fully saturated rings. The first-order valence-electron chi connectivity index (χ1n) is 11.1. The minimum Gasteiger partial charge on any atom is -0.383 e. The van der Waals surface area contributed by atoms with Gasteiger partial charge in [0.15, 0.2) is 5.96 Å². The second-order valence-electron chi connectivity index (χ2n) is 7.83. The Morgan fingerprint density at radius 1 is 1.17 bits per heavy atom. The first-order valence-corrected chi connectivity index (χ1v) is 11.1. The van der Waals surface area contributed by atoms with E-state index in [9.17, 15) is 0 Å². The van der Waals surface area contributed by atoms with E-state index in [-0.39, 0.29) is 0 Å². The number of nitrogens with one attached hydrogen (secondary N) is 2. The molecule has 2 heterocycles. The maximum Gasteiger partial charge on any atom is 0.191 e. The van der Waals surface area contributed by atoms with E-state index in [0.717, 1.165) is 51.8 Å². The van der Waals surface area contributed by atoms with Gasteiger partial charge in [-0.05, 0) is 56.0 Å². The van der Waals surface area contributed by atoms with E-state index >= 15 is 0 Å². The third kappa shape index (κ3) is 7.15. The van der Waals surface area contributed by atoms with Crippen LogP contribution in [0.4, 0.5) is 0 Å². The number of guanidine groups is 1. The summed E-state index contributed by atoms with van der Waals surface area (Å²) < 4.78 is 7.14. The van der Waals surface area contributed by atoms with Gasteiger partial charge in [-0.15, -0.1) is 0 Å². The molecule has 3 rings (SSSR count). The quantitative estimate of drug-likeness (QED) is 0.463. The predicted molar refractivity (Wildman–Crippen MR) is 122 cm³/mol. The van der Waals surface area contributed by atoms with Crippen LogP contribution >= 0.6 is 0 Å². The summed E-state index contributed by atoms with van der Waals surface area (Å²) in [6.07, 6.45) is 6.26. The van der Waals surface area contributed by atoms with E-state index in [1.807, 2.05) is 23.1 Å². The van der Waals surface area contributed by atoms with Crippen molar-refractivity contribution in [3.63, 3.8) is 0 Å². The van der Waals surface area contributed by atoms with E-state index in [4.69, 9.17) is 9.73 Å². The van der Waals surface area contributed by atoms with Gasteiger partial charge in [-0.25, -0.2) is 4.99 Å². The SMILES string of the molecule is CCNC(=NCc1ccccc1Cn1cccn1)NCC1CCN(CCOC)CC1. The number of rotatable bonds is 10. The molecule has 0 amide bonds. The zero-order valence-electron chi connectivity index (χ0n) is 18.4. The average molecular weight is 413 g/mol. The number of hydrogen-bond donors (Lipinski definition) is 2. The third-order valence-electron chi connectivity index (χ3n) is 5.64. The van der Waals surface area contributed by atoms with Gasteiger partial charge < -0.3 is 20.3 Å². The van der Waals surface area contributed by atoms with Crippen LogP contribution in [-0.2, 0) is 17.8 Å². The summed E-state index contributed by atoms with van der Waals surface area (Å²) in [6, 6.07) is 10.4. The van der Waals surface area contributed by atoms with Gasteiger partial charge >= 0.3 is 0 Å². The highest BCUT2D eigenvalue weighted by atomic mass is 16.5. The molecule has 7 nitrogen and oxygen atoms in total. The van der Waals surface area contributed by atoms with Crippen LogP contribution in [0.2, 0.25) is 0 Å². The highest BCUT2D eigenvalue weighted by Crippen LogP contribution is 2.16. The van der Waals surface area contributed by atoms with Crippen LogP contribution in [0.15, 0.2) is 47.7 Å². The number of methoxy groups -OCH3 is 1. The molecule has 0 aliphatic carbocycles. The van der Waals surface area contributed by atoms with Gasteiger partial charge in [0.05, 0.1) is 19.7 Å². The van der Waals surface area contributed by atoms with Crippen LogP contribution in [0.25, 0.3) is 0 Å². The summed E-state index contributed by atoms with van der Waals surface area (Å²) in [7, 11) is 1.77. The van der Waals surface area contributed by atoms with Crippen LogP contribution in [0.5, 0.6) is 0 Å². The maximum absolute atomic E-state index is 5.20. The van der Waals surface area contributed by atoms with Crippen LogP contribution in [-0.4, -0.2) is 67.1 Å². The number of piperidine rings is 1. The van der Waals surface area contributed by atoms with Crippen LogP contribution in [0, 0.1) is 5.92 Å². The average Bonchev–Trinajstić information content (AvgIpc) is 3.29. The number of likely N-dealkylation sites (tertiary alicyclic amines) is 1. The van der Waals surface area contributed by atoms with Gasteiger partial charge in [-0.3, -0.25) is 4.68 Å². The minimum atomic E-state index is 0.655. The highest BCUT2D eigenvalue weighted by molar-refractivity contribution is 5.79. The largest absolute Gasteiger partial charge is 0.383 e. The van der Waals surface area contributed by atoms with Crippen LogP contribution in [0.3, 0.4) is 0 Å². The number of ether oxygens (including phenoxy) is 1. The number of nitrogens with zero attached hydrogens (tertiary/aromatic N) is 4. The van der Waals surface area contributed by atoms with Crippen LogP contribution < -0.4 is 10.6 Å². The molecule has 30 heavy (non-hydrogen) atoms. The molecule has 0 spiro atoms. The van der Waals surface area contributed by atoms with Crippen molar-refractivity contribution in [1.82, 2.24) is 25.3 Å². The Balaban J connectivity index is 1.52. The van der Waals surface area contributed by atoms with Crippen molar-refractivity contribution < 1.29 is 4.74 Å². The van der Waals surface area contributed by atoms with Crippen molar-refractivity contribution in [2.45, 2.75) is 32.9 Å². The lowest BCUT2D eigenvalue weighted by molar-refractivity contribution is 0.121. The normalized spacial score (nSPS) is 16.0. The standard InChI is InChI=1S/C23H36N6O/c1-3-24-23(25-17-20-9-13-28(14-10-20)15-16-30-2)26-18-21-7-4-5-8-22(21)19-29-12-6-11-27-29/h4-8,11-12,20H,3,9-10,13-19H2,1-2H3,(H2,24,25,26). The number of aliphatic imine (C=N–C) groups is 1. The maximum atomic E-state index is 5.20. The predicted octanol–water partition coefficient (Wildman–Crippen LogP) is 2.34. The molecule has 0 bridgehead atoms. The van der Waals surface area contributed by atoms with Crippen molar-refractivity contribution in [2.24, 2.45) is 10.9 Å². The molecule has 1 saturated heterocycles. The minimum absolute atomic E-state index is 0.655. The molecular weight excluding hydrogens is 376 g/mol. The fourth-order valence-corrected chi connectivity index (χ4v) is 3.82. The molecule has 164 valence electrons. The van der Waals surface area contributed by atoms with E-state index in [0.29, 0.717) is 12.5 Å². The van der Waals surface area contributed by atoms with E-state index in [2.05, 4.69) is 51.8 Å². The Labute approximate surface area is 180 Å². The molecule has 0 saturated carbocycles. The third-order valence-corrected chi connectivity index (χ3v) is 5.64. The summed E-state index contributed by atoms with van der Waals surface area (Å²) in [5.74, 6) is 1.59. The molecule has 1 aromatic heterocycles.